The van der Waals surface area contributed by atoms with Gasteiger partial charge in [-0.3, -0.25) is 4.57 Å². The molecule has 0 aliphatic heterocycles. The number of hydrogen-bond acceptors (Lipinski definition) is 3. The molecule has 0 atom stereocenters. The van der Waals surface area contributed by atoms with Crippen LogP contribution in [0, 0.1) is 6.92 Å². The number of rotatable bonds is 5. The Morgan fingerprint density at radius 2 is 1.88 bits per heavy atom. The Hall–Kier alpha value is -3.08. The van der Waals surface area contributed by atoms with Crippen molar-refractivity contribution in [1.29, 1.82) is 0 Å². The molecule has 5 heteroatoms. The number of ether oxygens (including phenoxy) is 1. The van der Waals surface area contributed by atoms with Crippen LogP contribution in [-0.4, -0.2) is 27.2 Å². The lowest BCUT2D eigenvalue weighted by molar-refractivity contribution is 0.0691. The van der Waals surface area contributed by atoms with Gasteiger partial charge in [0.25, 0.3) is 0 Å². The predicted octanol–water partition coefficient (Wildman–Crippen LogP) is 3.94. The molecule has 3 aromatic rings. The number of benzene rings is 2. The smallest absolute Gasteiger partial charge is 0.356 e. The average Bonchev–Trinajstić information content (AvgIpc) is 3.02. The molecule has 0 amide bonds. The fourth-order valence-electron chi connectivity index (χ4n) is 2.56. The Labute approximate surface area is 140 Å². The van der Waals surface area contributed by atoms with Gasteiger partial charge in [0.15, 0.2) is 5.69 Å². The molecule has 122 valence electrons. The molecule has 0 aliphatic rings. The quantitative estimate of drug-likeness (QED) is 0.772. The summed E-state index contributed by atoms with van der Waals surface area (Å²) < 4.78 is 7.25. The van der Waals surface area contributed by atoms with E-state index in [-0.39, 0.29) is 5.69 Å². The predicted molar refractivity (Wildman–Crippen MR) is 91.9 cm³/mol. The largest absolute Gasteiger partial charge is 0.494 e. The fraction of sp³-hybridized carbons (Fsp3) is 0.158. The molecule has 0 saturated carbocycles. The van der Waals surface area contributed by atoms with Gasteiger partial charge in [0.05, 0.1) is 6.61 Å². The Balaban J connectivity index is 2.13. The van der Waals surface area contributed by atoms with E-state index in [1.165, 1.54) is 0 Å². The van der Waals surface area contributed by atoms with Crippen molar-refractivity contribution >= 4 is 5.97 Å². The van der Waals surface area contributed by atoms with Crippen molar-refractivity contribution in [1.82, 2.24) is 9.55 Å². The van der Waals surface area contributed by atoms with Crippen molar-refractivity contribution in [2.24, 2.45) is 0 Å². The third kappa shape index (κ3) is 3.01. The molecule has 5 nitrogen and oxygen atoms in total. The van der Waals surface area contributed by atoms with Crippen LogP contribution in [0.15, 0.2) is 54.7 Å². The van der Waals surface area contributed by atoms with E-state index in [0.717, 1.165) is 22.6 Å². The van der Waals surface area contributed by atoms with Crippen LogP contribution >= 0.6 is 0 Å². The first kappa shape index (κ1) is 15.8. The summed E-state index contributed by atoms with van der Waals surface area (Å²) in [4.78, 5) is 15.7. The van der Waals surface area contributed by atoms with Crippen LogP contribution in [0.1, 0.15) is 23.0 Å². The monoisotopic (exact) mass is 322 g/mol. The number of aryl methyl sites for hydroxylation is 1. The zero-order valence-corrected chi connectivity index (χ0v) is 13.6. The fourth-order valence-corrected chi connectivity index (χ4v) is 2.56. The molecule has 1 aromatic heterocycles. The van der Waals surface area contributed by atoms with Gasteiger partial charge in [-0.15, -0.1) is 0 Å². The molecule has 1 N–H and O–H groups in total. The number of imidazole rings is 1. The summed E-state index contributed by atoms with van der Waals surface area (Å²) in [5.74, 6) is 0.335. The van der Waals surface area contributed by atoms with Crippen LogP contribution in [0.2, 0.25) is 0 Å². The maximum Gasteiger partial charge on any atom is 0.356 e. The molecule has 0 fully saturated rings. The topological polar surface area (TPSA) is 64.3 Å². The molecule has 0 aliphatic carbocycles. The van der Waals surface area contributed by atoms with Crippen LogP contribution in [0.25, 0.3) is 17.1 Å². The van der Waals surface area contributed by atoms with E-state index >= 15 is 0 Å². The molecule has 24 heavy (non-hydrogen) atoms. The van der Waals surface area contributed by atoms with Crippen molar-refractivity contribution in [3.05, 3.63) is 66.0 Å². The van der Waals surface area contributed by atoms with Gasteiger partial charge in [0, 0.05) is 17.4 Å². The zero-order valence-electron chi connectivity index (χ0n) is 13.6. The highest BCUT2D eigenvalue weighted by atomic mass is 16.5. The van der Waals surface area contributed by atoms with Crippen LogP contribution < -0.4 is 4.74 Å². The first-order valence-corrected chi connectivity index (χ1v) is 7.72. The molecule has 0 radical (unpaired) electrons. The third-order valence-electron chi connectivity index (χ3n) is 3.74. The summed E-state index contributed by atoms with van der Waals surface area (Å²) in [7, 11) is 0. The van der Waals surface area contributed by atoms with Gasteiger partial charge in [-0.25, -0.2) is 9.78 Å². The lowest BCUT2D eigenvalue weighted by Crippen LogP contribution is -1.98. The first-order chi connectivity index (χ1) is 11.6. The molecular formula is C19H18N2O3. The molecule has 2 aromatic carbocycles. The van der Waals surface area contributed by atoms with Crippen LogP contribution in [0.4, 0.5) is 0 Å². The number of hydrogen-bond donors (Lipinski definition) is 1. The highest BCUT2D eigenvalue weighted by Crippen LogP contribution is 2.26. The van der Waals surface area contributed by atoms with E-state index in [4.69, 9.17) is 4.74 Å². The minimum atomic E-state index is -1.05. The van der Waals surface area contributed by atoms with Crippen LogP contribution in [0.5, 0.6) is 5.75 Å². The highest BCUT2D eigenvalue weighted by Gasteiger charge is 2.17. The van der Waals surface area contributed by atoms with Crippen molar-refractivity contribution in [2.75, 3.05) is 6.61 Å². The Morgan fingerprint density at radius 3 is 2.50 bits per heavy atom. The molecule has 0 unspecified atom stereocenters. The summed E-state index contributed by atoms with van der Waals surface area (Å²) in [6, 6.07) is 15.3. The minimum Gasteiger partial charge on any atom is -0.494 e. The first-order valence-electron chi connectivity index (χ1n) is 7.72. The molecule has 0 bridgehead atoms. The van der Waals surface area contributed by atoms with E-state index in [9.17, 15) is 9.90 Å². The second kappa shape index (κ2) is 6.58. The summed E-state index contributed by atoms with van der Waals surface area (Å²) in [5.41, 5.74) is 2.78. The second-order valence-corrected chi connectivity index (χ2v) is 5.37. The minimum absolute atomic E-state index is 0.0159. The van der Waals surface area contributed by atoms with Crippen molar-refractivity contribution in [3.8, 4) is 22.8 Å². The number of carboxylic acid groups (broad SMARTS) is 1. The lowest BCUT2D eigenvalue weighted by Gasteiger charge is -2.10. The molecule has 0 spiro atoms. The van der Waals surface area contributed by atoms with Crippen molar-refractivity contribution in [3.63, 3.8) is 0 Å². The van der Waals surface area contributed by atoms with Gasteiger partial charge >= 0.3 is 5.97 Å². The SMILES string of the molecule is CCOc1ccc(-n2cc(C(=O)O)nc2-c2ccccc2C)cc1. The van der Waals surface area contributed by atoms with Gasteiger partial charge in [-0.05, 0) is 43.7 Å². The lowest BCUT2D eigenvalue weighted by atomic mass is 10.1. The standard InChI is InChI=1S/C19H18N2O3/c1-3-24-15-10-8-14(9-11-15)21-12-17(19(22)23)20-18(21)16-7-5-4-6-13(16)2/h4-12H,3H2,1-2H3,(H,22,23). The molecular weight excluding hydrogens is 304 g/mol. The second-order valence-electron chi connectivity index (χ2n) is 5.37. The number of aromatic nitrogens is 2. The zero-order chi connectivity index (χ0) is 17.1. The Bertz CT molecular complexity index is 867. The summed E-state index contributed by atoms with van der Waals surface area (Å²) in [5, 5.41) is 9.30. The molecule has 0 saturated heterocycles. The van der Waals surface area contributed by atoms with Crippen molar-refractivity contribution in [2.45, 2.75) is 13.8 Å². The Kier molecular flexibility index (Phi) is 4.33. The van der Waals surface area contributed by atoms with Gasteiger partial charge in [0.2, 0.25) is 0 Å². The average molecular weight is 322 g/mol. The maximum atomic E-state index is 11.4. The summed E-state index contributed by atoms with van der Waals surface area (Å²) in [6.07, 6.45) is 1.54. The van der Waals surface area contributed by atoms with Crippen LogP contribution in [0.3, 0.4) is 0 Å². The summed E-state index contributed by atoms with van der Waals surface area (Å²) >= 11 is 0. The number of carbonyl (C=O) groups is 1. The van der Waals surface area contributed by atoms with Gasteiger partial charge in [-0.2, -0.15) is 0 Å². The molecule has 3 rings (SSSR count). The van der Waals surface area contributed by atoms with Gasteiger partial charge in [0.1, 0.15) is 11.6 Å². The summed E-state index contributed by atoms with van der Waals surface area (Å²) in [6.45, 7) is 4.51. The van der Waals surface area contributed by atoms with E-state index in [0.29, 0.717) is 12.4 Å². The Morgan fingerprint density at radius 1 is 1.17 bits per heavy atom. The van der Waals surface area contributed by atoms with E-state index in [1.54, 1.807) is 10.8 Å². The number of nitrogens with zero attached hydrogens (tertiary/aromatic N) is 2. The van der Waals surface area contributed by atoms with Crippen molar-refractivity contribution < 1.29 is 14.6 Å². The maximum absolute atomic E-state index is 11.4. The normalized spacial score (nSPS) is 10.6. The van der Waals surface area contributed by atoms with E-state index in [1.807, 2.05) is 62.4 Å². The van der Waals surface area contributed by atoms with E-state index in [2.05, 4.69) is 4.98 Å². The van der Waals surface area contributed by atoms with Crippen LogP contribution in [-0.2, 0) is 0 Å². The number of carboxylic acids is 1. The molecule has 1 heterocycles. The highest BCUT2D eigenvalue weighted by molar-refractivity contribution is 5.86. The van der Waals surface area contributed by atoms with Gasteiger partial charge in [-0.1, -0.05) is 24.3 Å². The van der Waals surface area contributed by atoms with Gasteiger partial charge < -0.3 is 9.84 Å². The third-order valence-corrected chi connectivity index (χ3v) is 3.74. The number of aromatic carboxylic acids is 1. The van der Waals surface area contributed by atoms with E-state index < -0.39 is 5.97 Å².